The fourth-order valence-electron chi connectivity index (χ4n) is 0.852. The molecule has 0 radical (unpaired) electrons. The van der Waals surface area contributed by atoms with Gasteiger partial charge in [0.25, 0.3) is 0 Å². The molecular formula is C10H24N4O4S2. The van der Waals surface area contributed by atoms with Crippen LogP contribution in [-0.2, 0) is 9.59 Å². The number of rotatable bonds is 10. The molecule has 0 unspecified atom stereocenters. The first-order valence-corrected chi connectivity index (χ1v) is 7.72. The van der Waals surface area contributed by atoms with Crippen molar-refractivity contribution in [3.05, 3.63) is 0 Å². The zero-order valence-corrected chi connectivity index (χ0v) is 12.9. The summed E-state index contributed by atoms with van der Waals surface area (Å²) in [5, 5.41) is 19.5. The van der Waals surface area contributed by atoms with Gasteiger partial charge < -0.3 is 32.7 Å². The summed E-state index contributed by atoms with van der Waals surface area (Å²) in [6, 6.07) is -1.33. The summed E-state index contributed by atoms with van der Waals surface area (Å²) in [5.41, 5.74) is 15.5. The first-order valence-electron chi connectivity index (χ1n) is 5.93. The number of nitrogens with one attached hydrogen (secondary N) is 1. The molecule has 0 rings (SSSR count). The average Bonchev–Trinajstić information content (AvgIpc) is 2.40. The van der Waals surface area contributed by atoms with Crippen LogP contribution < -0.4 is 22.5 Å². The van der Waals surface area contributed by atoms with E-state index >= 15 is 0 Å². The van der Waals surface area contributed by atoms with Gasteiger partial charge in [0.05, 0.1) is 0 Å². The topological polar surface area (TPSA) is 165 Å². The lowest BCUT2D eigenvalue weighted by atomic mass is 10.3. The van der Waals surface area contributed by atoms with E-state index in [4.69, 9.17) is 27.4 Å². The molecule has 0 amide bonds. The Hall–Kier alpha value is -0.520. The maximum atomic E-state index is 10.3. The molecule has 9 N–H and O–H groups in total. The SMILES string of the molecule is NCCN[C@@H](CS)C(=O)O.NCCSC[C@H](N)C(=O)O. The smallest absolute Gasteiger partial charge is 0.321 e. The van der Waals surface area contributed by atoms with Crippen molar-refractivity contribution in [2.45, 2.75) is 12.1 Å². The van der Waals surface area contributed by atoms with Crippen molar-refractivity contribution in [3.8, 4) is 0 Å². The average molecular weight is 328 g/mol. The zero-order chi connectivity index (χ0) is 16.0. The lowest BCUT2D eigenvalue weighted by molar-refractivity contribution is -0.139. The molecule has 0 heterocycles. The molecule has 0 bridgehead atoms. The van der Waals surface area contributed by atoms with Gasteiger partial charge in [-0.2, -0.15) is 24.4 Å². The summed E-state index contributed by atoms with van der Waals surface area (Å²) in [7, 11) is 0. The van der Waals surface area contributed by atoms with Gasteiger partial charge in [-0.3, -0.25) is 9.59 Å². The summed E-state index contributed by atoms with van der Waals surface area (Å²) < 4.78 is 0. The van der Waals surface area contributed by atoms with E-state index in [1.54, 1.807) is 0 Å². The van der Waals surface area contributed by atoms with E-state index in [-0.39, 0.29) is 5.75 Å². The van der Waals surface area contributed by atoms with E-state index in [0.717, 1.165) is 5.75 Å². The highest BCUT2D eigenvalue weighted by Crippen LogP contribution is 1.99. The molecule has 0 aliphatic rings. The molecule has 0 saturated heterocycles. The fraction of sp³-hybridized carbons (Fsp3) is 0.800. The molecule has 0 saturated carbocycles. The lowest BCUT2D eigenvalue weighted by Crippen LogP contribution is -2.40. The molecule has 0 spiro atoms. The third-order valence-corrected chi connectivity index (χ3v) is 3.38. The second kappa shape index (κ2) is 14.9. The van der Waals surface area contributed by atoms with E-state index in [2.05, 4.69) is 17.9 Å². The first-order chi connectivity index (χ1) is 9.40. The van der Waals surface area contributed by atoms with E-state index in [9.17, 15) is 9.59 Å². The molecule has 0 aromatic carbocycles. The summed E-state index contributed by atoms with van der Waals surface area (Å²) in [6.45, 7) is 1.52. The molecule has 0 fully saturated rings. The van der Waals surface area contributed by atoms with Crippen molar-refractivity contribution in [1.29, 1.82) is 0 Å². The number of thiol groups is 1. The van der Waals surface area contributed by atoms with Gasteiger partial charge in [-0.05, 0) is 0 Å². The van der Waals surface area contributed by atoms with E-state index < -0.39 is 24.0 Å². The summed E-state index contributed by atoms with van der Waals surface area (Å²) in [4.78, 5) is 20.4. The van der Waals surface area contributed by atoms with Gasteiger partial charge in [-0.25, -0.2) is 0 Å². The van der Waals surface area contributed by atoms with Crippen LogP contribution in [0.2, 0.25) is 0 Å². The number of aliphatic carboxylic acids is 2. The minimum Gasteiger partial charge on any atom is -0.480 e. The van der Waals surface area contributed by atoms with Gasteiger partial charge in [0.15, 0.2) is 0 Å². The molecule has 0 aliphatic heterocycles. The second-order valence-electron chi connectivity index (χ2n) is 3.62. The predicted octanol–water partition coefficient (Wildman–Crippen LogP) is -1.99. The highest BCUT2D eigenvalue weighted by atomic mass is 32.2. The largest absolute Gasteiger partial charge is 0.480 e. The summed E-state index contributed by atoms with van der Waals surface area (Å²) in [6.07, 6.45) is 0. The van der Waals surface area contributed by atoms with Crippen LogP contribution in [0.15, 0.2) is 0 Å². The number of thioether (sulfide) groups is 1. The van der Waals surface area contributed by atoms with Crippen molar-refractivity contribution in [2.24, 2.45) is 17.2 Å². The highest BCUT2D eigenvalue weighted by molar-refractivity contribution is 7.99. The zero-order valence-electron chi connectivity index (χ0n) is 11.2. The molecule has 0 aromatic heterocycles. The molecule has 0 aromatic rings. The maximum absolute atomic E-state index is 10.3. The Kier molecular flexibility index (Phi) is 16.2. The van der Waals surface area contributed by atoms with Crippen LogP contribution in [0.1, 0.15) is 0 Å². The van der Waals surface area contributed by atoms with E-state index in [0.29, 0.717) is 25.4 Å². The molecule has 120 valence electrons. The quantitative estimate of drug-likeness (QED) is 0.177. The Labute approximate surface area is 128 Å². The van der Waals surface area contributed by atoms with Crippen molar-refractivity contribution in [3.63, 3.8) is 0 Å². The van der Waals surface area contributed by atoms with Crippen LogP contribution in [0.25, 0.3) is 0 Å². The van der Waals surface area contributed by atoms with Gasteiger partial charge in [-0.1, -0.05) is 0 Å². The third kappa shape index (κ3) is 13.9. The Bertz CT molecular complexity index is 272. The number of hydrogen-bond acceptors (Lipinski definition) is 8. The fourth-order valence-corrected chi connectivity index (χ4v) is 1.87. The minimum atomic E-state index is -0.954. The second-order valence-corrected chi connectivity index (χ2v) is 5.14. The monoisotopic (exact) mass is 328 g/mol. The highest BCUT2D eigenvalue weighted by Gasteiger charge is 2.12. The Balaban J connectivity index is 0. The molecule has 2 atom stereocenters. The Morgan fingerprint density at radius 2 is 1.80 bits per heavy atom. The van der Waals surface area contributed by atoms with Crippen LogP contribution >= 0.6 is 24.4 Å². The summed E-state index contributed by atoms with van der Waals surface area (Å²) in [5.74, 6) is -0.351. The predicted molar refractivity (Wildman–Crippen MR) is 84.3 cm³/mol. The molecule has 20 heavy (non-hydrogen) atoms. The van der Waals surface area contributed by atoms with Crippen molar-refractivity contribution in [2.75, 3.05) is 36.9 Å². The minimum absolute atomic E-state index is 0.287. The van der Waals surface area contributed by atoms with Gasteiger partial charge in [0.2, 0.25) is 0 Å². The Morgan fingerprint density at radius 1 is 1.20 bits per heavy atom. The van der Waals surface area contributed by atoms with Crippen molar-refractivity contribution in [1.82, 2.24) is 5.32 Å². The molecular weight excluding hydrogens is 304 g/mol. The van der Waals surface area contributed by atoms with Gasteiger partial charge in [0.1, 0.15) is 12.1 Å². The van der Waals surface area contributed by atoms with Crippen molar-refractivity contribution < 1.29 is 19.8 Å². The van der Waals surface area contributed by atoms with E-state index in [1.807, 2.05) is 0 Å². The van der Waals surface area contributed by atoms with Gasteiger partial charge >= 0.3 is 11.9 Å². The van der Waals surface area contributed by atoms with Crippen LogP contribution in [0.3, 0.4) is 0 Å². The summed E-state index contributed by atoms with van der Waals surface area (Å²) >= 11 is 5.30. The van der Waals surface area contributed by atoms with Crippen LogP contribution in [-0.4, -0.2) is 71.1 Å². The van der Waals surface area contributed by atoms with Crippen LogP contribution in [0.5, 0.6) is 0 Å². The van der Waals surface area contributed by atoms with Crippen LogP contribution in [0, 0.1) is 0 Å². The molecule has 8 nitrogen and oxygen atoms in total. The number of hydrogen-bond donors (Lipinski definition) is 7. The molecule has 0 aliphatic carbocycles. The maximum Gasteiger partial charge on any atom is 0.321 e. The normalized spacial score (nSPS) is 13.0. The van der Waals surface area contributed by atoms with Crippen molar-refractivity contribution >= 4 is 36.3 Å². The number of carboxylic acids is 2. The number of carboxylic acid groups (broad SMARTS) is 2. The number of nitrogens with two attached hydrogens (primary N) is 3. The standard InChI is InChI=1S/2C5H12N2O2S/c6-1-2-10-3-4(7)5(8)9;6-1-2-7-4(3-10)5(8)9/h4H,1-3,6-7H2,(H,8,9);4,7,10H,1-3,6H2,(H,8,9)/t2*4-/m00/s1. The Morgan fingerprint density at radius 3 is 2.15 bits per heavy atom. The van der Waals surface area contributed by atoms with Gasteiger partial charge in [-0.15, -0.1) is 0 Å². The van der Waals surface area contributed by atoms with Gasteiger partial charge in [0, 0.05) is 36.9 Å². The lowest BCUT2D eigenvalue weighted by Gasteiger charge is -2.09. The first kappa shape index (κ1) is 21.8. The number of carbonyl (C=O) groups is 2. The third-order valence-electron chi connectivity index (χ3n) is 1.89. The molecule has 10 heteroatoms. The van der Waals surface area contributed by atoms with Crippen LogP contribution in [0.4, 0.5) is 0 Å². The van der Waals surface area contributed by atoms with E-state index in [1.165, 1.54) is 11.8 Å².